The average molecular weight is 442 g/mol. The van der Waals surface area contributed by atoms with Gasteiger partial charge in [-0.25, -0.2) is 5.43 Å². The average Bonchev–Trinajstić information content (AvgIpc) is 2.72. The smallest absolute Gasteiger partial charge is 0.277 e. The van der Waals surface area contributed by atoms with E-state index in [2.05, 4.69) is 49.2 Å². The van der Waals surface area contributed by atoms with Gasteiger partial charge in [-0.3, -0.25) is 4.79 Å². The van der Waals surface area contributed by atoms with Crippen molar-refractivity contribution in [2.75, 3.05) is 25.2 Å². The van der Waals surface area contributed by atoms with Crippen molar-refractivity contribution in [3.63, 3.8) is 0 Å². The van der Waals surface area contributed by atoms with Crippen LogP contribution >= 0.6 is 11.6 Å². The quantitative estimate of drug-likeness (QED) is 0.490. The number of hydrogen-bond acceptors (Lipinski definition) is 5. The van der Waals surface area contributed by atoms with E-state index in [1.165, 1.54) is 5.57 Å². The maximum atomic E-state index is 12.1. The van der Waals surface area contributed by atoms with Crippen LogP contribution in [0.15, 0.2) is 47.6 Å². The lowest BCUT2D eigenvalue weighted by molar-refractivity contribution is -0.123. The van der Waals surface area contributed by atoms with Gasteiger partial charge >= 0.3 is 0 Å². The summed E-state index contributed by atoms with van der Waals surface area (Å²) in [6.45, 7) is 9.36. The molecule has 0 spiro atoms. The first-order valence-corrected chi connectivity index (χ1v) is 10.5. The van der Waals surface area contributed by atoms with Crippen LogP contribution in [0.1, 0.15) is 38.8 Å². The highest BCUT2D eigenvalue weighted by molar-refractivity contribution is 6.30. The lowest BCUT2D eigenvalue weighted by atomic mass is 9.88. The van der Waals surface area contributed by atoms with E-state index < -0.39 is 0 Å². The zero-order chi connectivity index (χ0) is 22.6. The van der Waals surface area contributed by atoms with E-state index in [0.29, 0.717) is 16.5 Å². The van der Waals surface area contributed by atoms with Crippen molar-refractivity contribution in [1.29, 1.82) is 0 Å². The van der Waals surface area contributed by atoms with Crippen LogP contribution in [0.5, 0.6) is 11.5 Å². The van der Waals surface area contributed by atoms with Gasteiger partial charge in [-0.15, -0.1) is 0 Å². The number of hydrazone groups is 1. The number of rotatable bonds is 7. The fraction of sp³-hybridized carbons (Fsp3) is 0.333. The third-order valence-corrected chi connectivity index (χ3v) is 5.44. The lowest BCUT2D eigenvalue weighted by Crippen LogP contribution is -2.44. The summed E-state index contributed by atoms with van der Waals surface area (Å²) >= 11 is 5.91. The van der Waals surface area contributed by atoms with E-state index in [1.54, 1.807) is 37.6 Å². The molecule has 0 atom stereocenters. The SMILES string of the molecule is CCN1c2cc(OC)c(/C=N/NC(=O)COc3cccc(Cl)c3)cc2C(C)=CC1(C)C. The largest absolute Gasteiger partial charge is 0.496 e. The number of nitrogens with one attached hydrogen (secondary N) is 1. The maximum absolute atomic E-state index is 12.1. The summed E-state index contributed by atoms with van der Waals surface area (Å²) in [5.74, 6) is 0.840. The molecular weight excluding hydrogens is 414 g/mol. The highest BCUT2D eigenvalue weighted by Gasteiger charge is 2.31. The third kappa shape index (κ3) is 5.20. The first-order valence-electron chi connectivity index (χ1n) is 10.1. The summed E-state index contributed by atoms with van der Waals surface area (Å²) in [6.07, 6.45) is 3.85. The van der Waals surface area contributed by atoms with E-state index in [-0.39, 0.29) is 18.1 Å². The van der Waals surface area contributed by atoms with E-state index in [1.807, 2.05) is 12.1 Å². The van der Waals surface area contributed by atoms with Crippen molar-refractivity contribution in [3.8, 4) is 11.5 Å². The van der Waals surface area contributed by atoms with Gasteiger partial charge in [0.2, 0.25) is 0 Å². The number of halogens is 1. The molecule has 6 nitrogen and oxygen atoms in total. The Morgan fingerprint density at radius 3 is 2.74 bits per heavy atom. The van der Waals surface area contributed by atoms with Crippen molar-refractivity contribution in [1.82, 2.24) is 5.43 Å². The second-order valence-electron chi connectivity index (χ2n) is 7.88. The molecule has 2 aromatic carbocycles. The normalized spacial score (nSPS) is 14.8. The van der Waals surface area contributed by atoms with Gasteiger partial charge < -0.3 is 14.4 Å². The molecule has 0 saturated carbocycles. The van der Waals surface area contributed by atoms with Crippen molar-refractivity contribution in [2.45, 2.75) is 33.2 Å². The molecule has 0 saturated heterocycles. The molecule has 0 aromatic heterocycles. The Morgan fingerprint density at radius 1 is 1.29 bits per heavy atom. The third-order valence-electron chi connectivity index (χ3n) is 5.20. The minimum Gasteiger partial charge on any atom is -0.496 e. The topological polar surface area (TPSA) is 63.2 Å². The highest BCUT2D eigenvalue weighted by atomic mass is 35.5. The number of benzene rings is 2. The van der Waals surface area contributed by atoms with Gasteiger partial charge in [0.25, 0.3) is 5.91 Å². The van der Waals surface area contributed by atoms with Crippen molar-refractivity contribution >= 4 is 35.0 Å². The molecule has 164 valence electrons. The van der Waals surface area contributed by atoms with Crippen LogP contribution in [0.3, 0.4) is 0 Å². The molecule has 0 radical (unpaired) electrons. The number of nitrogens with zero attached hydrogens (tertiary/aromatic N) is 2. The fourth-order valence-corrected chi connectivity index (χ4v) is 4.07. The van der Waals surface area contributed by atoms with E-state index in [9.17, 15) is 4.79 Å². The molecule has 1 aliphatic heterocycles. The molecule has 1 aliphatic rings. The first kappa shape index (κ1) is 22.7. The molecule has 1 heterocycles. The Kier molecular flexibility index (Phi) is 6.91. The molecule has 31 heavy (non-hydrogen) atoms. The van der Waals surface area contributed by atoms with Gasteiger partial charge in [-0.2, -0.15) is 5.10 Å². The van der Waals surface area contributed by atoms with Gasteiger partial charge in [0.05, 0.1) is 18.9 Å². The van der Waals surface area contributed by atoms with Gasteiger partial charge in [-0.1, -0.05) is 23.7 Å². The number of likely N-dealkylation sites (N-methyl/N-ethyl adjacent to an activating group) is 1. The summed E-state index contributed by atoms with van der Waals surface area (Å²) in [7, 11) is 1.63. The molecule has 1 N–H and O–H groups in total. The number of carbonyl (C=O) groups is 1. The molecule has 0 fully saturated rings. The standard InChI is InChI=1S/C24H28ClN3O3/c1-6-28-21-12-22(30-5)17(10-20(21)16(2)13-24(28,3)4)14-26-27-23(29)15-31-19-9-7-8-18(25)11-19/h7-14H,6,15H2,1-5H3,(H,27,29)/b26-14+. The Balaban J connectivity index is 1.73. The number of methoxy groups -OCH3 is 1. The molecule has 2 aromatic rings. The number of allylic oxidation sites excluding steroid dienone is 1. The minimum absolute atomic E-state index is 0.0800. The minimum atomic E-state index is -0.372. The van der Waals surface area contributed by atoms with Crippen LogP contribution in [-0.4, -0.2) is 37.9 Å². The Labute approximate surface area is 188 Å². The van der Waals surface area contributed by atoms with Gasteiger partial charge in [0.15, 0.2) is 6.61 Å². The number of hydrogen-bond donors (Lipinski definition) is 1. The molecule has 7 heteroatoms. The number of anilines is 1. The zero-order valence-corrected chi connectivity index (χ0v) is 19.3. The molecular formula is C24H28ClN3O3. The zero-order valence-electron chi connectivity index (χ0n) is 18.5. The fourth-order valence-electron chi connectivity index (χ4n) is 3.89. The van der Waals surface area contributed by atoms with E-state index in [4.69, 9.17) is 21.1 Å². The summed E-state index contributed by atoms with van der Waals surface area (Å²) < 4.78 is 11.0. The predicted octanol–water partition coefficient (Wildman–Crippen LogP) is 4.90. The van der Waals surface area contributed by atoms with Crippen molar-refractivity contribution in [2.24, 2.45) is 5.10 Å². The first-order chi connectivity index (χ1) is 14.7. The van der Waals surface area contributed by atoms with Crippen LogP contribution in [0.25, 0.3) is 5.57 Å². The van der Waals surface area contributed by atoms with E-state index >= 15 is 0 Å². The van der Waals surface area contributed by atoms with Crippen LogP contribution in [0, 0.1) is 0 Å². The number of amides is 1. The molecule has 0 bridgehead atoms. The summed E-state index contributed by atoms with van der Waals surface area (Å²) in [4.78, 5) is 14.4. The van der Waals surface area contributed by atoms with Crippen molar-refractivity contribution in [3.05, 3.63) is 58.6 Å². The molecule has 0 aliphatic carbocycles. The van der Waals surface area contributed by atoms with E-state index in [0.717, 1.165) is 23.4 Å². The Bertz CT molecular complexity index is 1030. The van der Waals surface area contributed by atoms with Crippen LogP contribution in [-0.2, 0) is 4.79 Å². The van der Waals surface area contributed by atoms with Crippen LogP contribution in [0.4, 0.5) is 5.69 Å². The van der Waals surface area contributed by atoms with Gasteiger partial charge in [0.1, 0.15) is 11.5 Å². The van der Waals surface area contributed by atoms with Crippen molar-refractivity contribution < 1.29 is 14.3 Å². The summed E-state index contributed by atoms with van der Waals surface area (Å²) in [5, 5.41) is 4.62. The summed E-state index contributed by atoms with van der Waals surface area (Å²) in [6, 6.07) is 10.9. The molecule has 3 rings (SSSR count). The van der Waals surface area contributed by atoms with Crippen LogP contribution in [0.2, 0.25) is 5.02 Å². The maximum Gasteiger partial charge on any atom is 0.277 e. The van der Waals surface area contributed by atoms with Crippen LogP contribution < -0.4 is 19.8 Å². The monoisotopic (exact) mass is 441 g/mol. The van der Waals surface area contributed by atoms with Gasteiger partial charge in [0, 0.05) is 34.4 Å². The summed E-state index contributed by atoms with van der Waals surface area (Å²) in [5.41, 5.74) is 6.63. The molecule has 0 unspecified atom stereocenters. The lowest BCUT2D eigenvalue weighted by Gasteiger charge is -2.43. The predicted molar refractivity (Wildman–Crippen MR) is 126 cm³/mol. The number of carbonyl (C=O) groups excluding carboxylic acids is 1. The number of ether oxygens (including phenoxy) is 2. The Hall–Kier alpha value is -2.99. The second-order valence-corrected chi connectivity index (χ2v) is 8.31. The molecule has 1 amide bonds. The second kappa shape index (κ2) is 9.43. The Morgan fingerprint density at radius 2 is 2.06 bits per heavy atom. The number of fused-ring (bicyclic) bond motifs is 1. The van der Waals surface area contributed by atoms with Gasteiger partial charge in [-0.05, 0) is 57.5 Å². The highest BCUT2D eigenvalue weighted by Crippen LogP contribution is 2.41.